The number of pyridine rings is 1. The average Bonchev–Trinajstić information content (AvgIpc) is 2.73. The van der Waals surface area contributed by atoms with Gasteiger partial charge in [0.2, 0.25) is 5.88 Å². The maximum absolute atomic E-state index is 5.69. The first-order valence-corrected chi connectivity index (χ1v) is 7.47. The third-order valence-electron chi connectivity index (χ3n) is 3.43. The van der Waals surface area contributed by atoms with Crippen molar-refractivity contribution in [2.45, 2.75) is 25.8 Å². The molecule has 2 rings (SSSR count). The van der Waals surface area contributed by atoms with Crippen LogP contribution in [0.5, 0.6) is 5.88 Å². The smallest absolute Gasteiger partial charge is 0.212 e. The number of halogens is 1. The van der Waals surface area contributed by atoms with Crippen molar-refractivity contribution >= 4 is 15.9 Å². The van der Waals surface area contributed by atoms with E-state index in [1.54, 1.807) is 7.11 Å². The summed E-state index contributed by atoms with van der Waals surface area (Å²) in [5.74, 6) is 6.30. The predicted molar refractivity (Wildman–Crippen MR) is 85.0 cm³/mol. The van der Waals surface area contributed by atoms with Crippen LogP contribution in [0.1, 0.15) is 17.0 Å². The van der Waals surface area contributed by atoms with E-state index in [4.69, 9.17) is 10.6 Å². The Morgan fingerprint density at radius 1 is 1.43 bits per heavy atom. The van der Waals surface area contributed by atoms with Crippen LogP contribution in [-0.2, 0) is 19.9 Å². The Morgan fingerprint density at radius 2 is 2.19 bits per heavy atom. The van der Waals surface area contributed by atoms with E-state index >= 15 is 0 Å². The second-order valence-corrected chi connectivity index (χ2v) is 5.74. The molecule has 114 valence electrons. The lowest BCUT2D eigenvalue weighted by Crippen LogP contribution is -2.39. The summed E-state index contributed by atoms with van der Waals surface area (Å²) in [6, 6.07) is 3.96. The molecule has 0 aliphatic heterocycles. The average molecular weight is 354 g/mol. The highest BCUT2D eigenvalue weighted by Gasteiger charge is 2.16. The summed E-state index contributed by atoms with van der Waals surface area (Å²) in [5, 5.41) is 4.40. The summed E-state index contributed by atoms with van der Waals surface area (Å²) in [4.78, 5) is 4.21. The summed E-state index contributed by atoms with van der Waals surface area (Å²) in [6.07, 6.45) is 3.37. The Labute approximate surface area is 132 Å². The highest BCUT2D eigenvalue weighted by Crippen LogP contribution is 2.22. The number of hydrogen-bond acceptors (Lipinski definition) is 5. The molecule has 0 saturated heterocycles. The van der Waals surface area contributed by atoms with E-state index in [0.717, 1.165) is 34.3 Å². The molecule has 3 N–H and O–H groups in total. The largest absolute Gasteiger partial charge is 0.481 e. The summed E-state index contributed by atoms with van der Waals surface area (Å²) in [6.45, 7) is 1.98. The number of methoxy groups -OCH3 is 1. The van der Waals surface area contributed by atoms with Crippen molar-refractivity contribution < 1.29 is 4.74 Å². The second kappa shape index (κ2) is 7.02. The normalized spacial score (nSPS) is 12.4. The van der Waals surface area contributed by atoms with Crippen LogP contribution in [0.25, 0.3) is 0 Å². The third kappa shape index (κ3) is 3.81. The monoisotopic (exact) mass is 353 g/mol. The van der Waals surface area contributed by atoms with Crippen molar-refractivity contribution in [3.05, 3.63) is 39.8 Å². The first-order valence-electron chi connectivity index (χ1n) is 6.68. The Bertz CT molecular complexity index is 596. The molecule has 0 amide bonds. The molecule has 0 saturated carbocycles. The van der Waals surface area contributed by atoms with Gasteiger partial charge in [-0.2, -0.15) is 5.10 Å². The van der Waals surface area contributed by atoms with Crippen LogP contribution >= 0.6 is 15.9 Å². The van der Waals surface area contributed by atoms with Gasteiger partial charge < -0.3 is 4.74 Å². The van der Waals surface area contributed by atoms with E-state index in [2.05, 4.69) is 31.4 Å². The standard InChI is InChI=1S/C14H20BrN5O/c1-9-14(15)12(20(2)19-9)7-11(18-16)6-10-4-5-13(21-3)17-8-10/h4-5,8,11,18H,6-7,16H2,1-3H3. The fourth-order valence-corrected chi connectivity index (χ4v) is 2.76. The van der Waals surface area contributed by atoms with Gasteiger partial charge in [0, 0.05) is 31.8 Å². The van der Waals surface area contributed by atoms with E-state index in [-0.39, 0.29) is 6.04 Å². The lowest BCUT2D eigenvalue weighted by molar-refractivity contribution is 0.397. The lowest BCUT2D eigenvalue weighted by atomic mass is 10.0. The van der Waals surface area contributed by atoms with Crippen molar-refractivity contribution in [3.63, 3.8) is 0 Å². The van der Waals surface area contributed by atoms with Crippen molar-refractivity contribution in [1.29, 1.82) is 0 Å². The van der Waals surface area contributed by atoms with Crippen LogP contribution < -0.4 is 16.0 Å². The van der Waals surface area contributed by atoms with Gasteiger partial charge in [0.15, 0.2) is 0 Å². The molecule has 0 fully saturated rings. The molecule has 0 aliphatic rings. The van der Waals surface area contributed by atoms with Gasteiger partial charge in [-0.1, -0.05) is 6.07 Å². The van der Waals surface area contributed by atoms with E-state index < -0.39 is 0 Å². The zero-order chi connectivity index (χ0) is 15.4. The van der Waals surface area contributed by atoms with Crippen LogP contribution in [-0.4, -0.2) is 27.9 Å². The molecule has 0 spiro atoms. The summed E-state index contributed by atoms with van der Waals surface area (Å²) >= 11 is 3.58. The number of aryl methyl sites for hydroxylation is 2. The molecule has 6 nitrogen and oxygen atoms in total. The maximum atomic E-state index is 5.69. The Balaban J connectivity index is 2.09. The Hall–Kier alpha value is -1.44. The molecule has 2 aromatic rings. The summed E-state index contributed by atoms with van der Waals surface area (Å²) in [7, 11) is 3.55. The number of nitrogens with one attached hydrogen (secondary N) is 1. The van der Waals surface area contributed by atoms with E-state index in [0.29, 0.717) is 5.88 Å². The van der Waals surface area contributed by atoms with Crippen molar-refractivity contribution in [2.24, 2.45) is 12.9 Å². The molecule has 2 heterocycles. The van der Waals surface area contributed by atoms with Gasteiger partial charge in [-0.15, -0.1) is 0 Å². The highest BCUT2D eigenvalue weighted by molar-refractivity contribution is 9.10. The lowest BCUT2D eigenvalue weighted by Gasteiger charge is -2.16. The number of rotatable bonds is 6. The molecule has 0 radical (unpaired) electrons. The van der Waals surface area contributed by atoms with Crippen LogP contribution in [0.3, 0.4) is 0 Å². The molecule has 0 bridgehead atoms. The minimum Gasteiger partial charge on any atom is -0.481 e. The van der Waals surface area contributed by atoms with Crippen molar-refractivity contribution in [3.8, 4) is 5.88 Å². The molecular weight excluding hydrogens is 334 g/mol. The number of ether oxygens (including phenoxy) is 1. The van der Waals surface area contributed by atoms with Gasteiger partial charge >= 0.3 is 0 Å². The molecule has 21 heavy (non-hydrogen) atoms. The minimum atomic E-state index is 0.103. The molecule has 2 aromatic heterocycles. The SMILES string of the molecule is COc1ccc(CC(Cc2c(Br)c(C)nn2C)NN)cn1. The first kappa shape index (κ1) is 15.9. The Kier molecular flexibility index (Phi) is 5.33. The van der Waals surface area contributed by atoms with Crippen LogP contribution in [0.15, 0.2) is 22.8 Å². The van der Waals surface area contributed by atoms with E-state index in [9.17, 15) is 0 Å². The second-order valence-electron chi connectivity index (χ2n) is 4.95. The van der Waals surface area contributed by atoms with Crippen LogP contribution in [0.4, 0.5) is 0 Å². The number of aromatic nitrogens is 3. The summed E-state index contributed by atoms with van der Waals surface area (Å²) in [5.41, 5.74) is 6.08. The topological polar surface area (TPSA) is 78.0 Å². The fourth-order valence-electron chi connectivity index (χ4n) is 2.26. The first-order chi connectivity index (χ1) is 10.0. The van der Waals surface area contributed by atoms with E-state index in [1.807, 2.05) is 37.0 Å². The van der Waals surface area contributed by atoms with Crippen LogP contribution in [0.2, 0.25) is 0 Å². The molecule has 1 unspecified atom stereocenters. The molecular formula is C14H20BrN5O. The van der Waals surface area contributed by atoms with Gasteiger partial charge in [0.25, 0.3) is 0 Å². The van der Waals surface area contributed by atoms with Crippen molar-refractivity contribution in [2.75, 3.05) is 7.11 Å². The zero-order valence-corrected chi connectivity index (χ0v) is 14.0. The molecule has 1 atom stereocenters. The van der Waals surface area contributed by atoms with Gasteiger partial charge in [-0.3, -0.25) is 16.0 Å². The maximum Gasteiger partial charge on any atom is 0.212 e. The van der Waals surface area contributed by atoms with E-state index in [1.165, 1.54) is 0 Å². The van der Waals surface area contributed by atoms with Crippen molar-refractivity contribution in [1.82, 2.24) is 20.2 Å². The predicted octanol–water partition coefficient (Wildman–Crippen LogP) is 1.51. The molecule has 0 aliphatic carbocycles. The van der Waals surface area contributed by atoms with Gasteiger partial charge in [-0.05, 0) is 34.8 Å². The number of hydrogen-bond donors (Lipinski definition) is 2. The Morgan fingerprint density at radius 3 is 2.67 bits per heavy atom. The quantitative estimate of drug-likeness (QED) is 0.607. The molecule has 7 heteroatoms. The fraction of sp³-hybridized carbons (Fsp3) is 0.429. The highest BCUT2D eigenvalue weighted by atomic mass is 79.9. The number of nitrogens with two attached hydrogens (primary N) is 1. The summed E-state index contributed by atoms with van der Waals surface area (Å²) < 4.78 is 7.99. The van der Waals surface area contributed by atoms with Crippen LogP contribution in [0, 0.1) is 6.92 Å². The zero-order valence-electron chi connectivity index (χ0n) is 12.4. The third-order valence-corrected chi connectivity index (χ3v) is 4.46. The number of nitrogens with zero attached hydrogens (tertiary/aromatic N) is 3. The van der Waals surface area contributed by atoms with Gasteiger partial charge in [-0.25, -0.2) is 4.98 Å². The number of hydrazine groups is 1. The van der Waals surface area contributed by atoms with Gasteiger partial charge in [0.1, 0.15) is 0 Å². The minimum absolute atomic E-state index is 0.103. The molecule has 0 aromatic carbocycles. The van der Waals surface area contributed by atoms with Gasteiger partial charge in [0.05, 0.1) is 23.0 Å².